The molecule has 0 spiro atoms. The molecule has 3 aromatic rings. The summed E-state index contributed by atoms with van der Waals surface area (Å²) in [4.78, 5) is 15.0. The first-order chi connectivity index (χ1) is 12.9. The van der Waals surface area contributed by atoms with E-state index in [0.29, 0.717) is 29.5 Å². The molecule has 1 N–H and O–H groups in total. The Morgan fingerprint density at radius 3 is 2.63 bits per heavy atom. The van der Waals surface area contributed by atoms with Crippen molar-refractivity contribution in [1.29, 1.82) is 10.5 Å². The average molecular weight is 361 g/mol. The highest BCUT2D eigenvalue weighted by molar-refractivity contribution is 5.80. The predicted octanol–water partition coefficient (Wildman–Crippen LogP) is 4.37. The van der Waals surface area contributed by atoms with Crippen LogP contribution in [0.1, 0.15) is 37.5 Å². The molecule has 0 saturated carbocycles. The van der Waals surface area contributed by atoms with Gasteiger partial charge in [-0.15, -0.1) is 0 Å². The van der Waals surface area contributed by atoms with E-state index in [4.69, 9.17) is 5.26 Å². The second-order valence-electron chi connectivity index (χ2n) is 6.83. The van der Waals surface area contributed by atoms with Crippen LogP contribution in [0.2, 0.25) is 0 Å². The maximum atomic E-state index is 13.6. The van der Waals surface area contributed by atoms with Gasteiger partial charge in [-0.3, -0.25) is 4.79 Å². The molecular formula is C22H20FN3O. The molecule has 1 atom stereocenters. The minimum Gasteiger partial charge on any atom is -0.322 e. The van der Waals surface area contributed by atoms with Crippen molar-refractivity contribution in [1.82, 2.24) is 4.98 Å². The smallest absolute Gasteiger partial charge is 0.251 e. The lowest BCUT2D eigenvalue weighted by molar-refractivity contribution is 0.599. The third-order valence-corrected chi connectivity index (χ3v) is 4.90. The Morgan fingerprint density at radius 2 is 1.96 bits per heavy atom. The number of H-pyrrole nitrogens is 1. The van der Waals surface area contributed by atoms with Crippen molar-refractivity contribution >= 4 is 10.9 Å². The molecule has 136 valence electrons. The van der Waals surface area contributed by atoms with Crippen molar-refractivity contribution in [2.24, 2.45) is 0 Å². The average Bonchev–Trinajstić information content (AvgIpc) is 2.68. The number of nitrogens with zero attached hydrogens (tertiary/aromatic N) is 2. The van der Waals surface area contributed by atoms with E-state index in [1.54, 1.807) is 13.0 Å². The Morgan fingerprint density at radius 1 is 1.19 bits per heavy atom. The Labute approximate surface area is 158 Å². The molecule has 1 aromatic heterocycles. The summed E-state index contributed by atoms with van der Waals surface area (Å²) >= 11 is 0. The summed E-state index contributed by atoms with van der Waals surface area (Å²) in [5.74, 6) is -0.574. The topological polar surface area (TPSA) is 80.4 Å². The fourth-order valence-electron chi connectivity index (χ4n) is 3.23. The molecule has 0 saturated heterocycles. The molecular weight excluding hydrogens is 341 g/mol. The number of aryl methyl sites for hydroxylation is 1. The molecule has 0 radical (unpaired) electrons. The zero-order chi connectivity index (χ0) is 19.6. The summed E-state index contributed by atoms with van der Waals surface area (Å²) in [6, 6.07) is 15.9. The molecule has 0 bridgehead atoms. The highest BCUT2D eigenvalue weighted by Crippen LogP contribution is 2.30. The number of aromatic amines is 1. The number of benzene rings is 2. The lowest BCUT2D eigenvalue weighted by Crippen LogP contribution is -2.23. The lowest BCUT2D eigenvalue weighted by Gasteiger charge is -2.23. The minimum absolute atomic E-state index is 0. The Bertz CT molecular complexity index is 1170. The van der Waals surface area contributed by atoms with Crippen LogP contribution in [-0.4, -0.2) is 4.98 Å². The number of rotatable bonds is 4. The molecule has 27 heavy (non-hydrogen) atoms. The molecule has 0 aliphatic rings. The fraction of sp³-hybridized carbons (Fsp3) is 0.227. The van der Waals surface area contributed by atoms with Crippen LogP contribution < -0.4 is 5.56 Å². The molecule has 5 heteroatoms. The van der Waals surface area contributed by atoms with Crippen LogP contribution in [0.4, 0.5) is 4.39 Å². The maximum absolute atomic E-state index is 13.6. The van der Waals surface area contributed by atoms with Crippen LogP contribution in [0.3, 0.4) is 0 Å². The highest BCUT2D eigenvalue weighted by Gasteiger charge is 2.27. The number of aromatic nitrogens is 1. The number of pyridine rings is 1. The fourth-order valence-corrected chi connectivity index (χ4v) is 3.23. The molecule has 0 amide bonds. The summed E-state index contributed by atoms with van der Waals surface area (Å²) in [6.07, 6.45) is 0.968. The van der Waals surface area contributed by atoms with Gasteiger partial charge in [0, 0.05) is 12.5 Å². The number of nitrogens with one attached hydrogen (secondary N) is 1. The van der Waals surface area contributed by atoms with Gasteiger partial charge in [0.25, 0.3) is 5.56 Å². The van der Waals surface area contributed by atoms with Crippen molar-refractivity contribution in [3.8, 4) is 12.1 Å². The molecule has 3 rings (SSSR count). The van der Waals surface area contributed by atoms with Crippen molar-refractivity contribution in [3.63, 3.8) is 0 Å². The molecule has 0 aliphatic heterocycles. The summed E-state index contributed by atoms with van der Waals surface area (Å²) < 4.78 is 13.6. The van der Waals surface area contributed by atoms with Gasteiger partial charge < -0.3 is 4.98 Å². The SMILES string of the molecule is CCc1cc2ccc(C(C)(C#N)Cc3ccc(F)c(C#N)c3)cc2[nH]c1=O.[HH]. The van der Waals surface area contributed by atoms with Gasteiger partial charge in [-0.05, 0) is 60.5 Å². The largest absolute Gasteiger partial charge is 0.322 e. The molecule has 2 aromatic carbocycles. The van der Waals surface area contributed by atoms with E-state index >= 15 is 0 Å². The lowest BCUT2D eigenvalue weighted by atomic mass is 9.78. The van der Waals surface area contributed by atoms with E-state index < -0.39 is 11.2 Å². The monoisotopic (exact) mass is 361 g/mol. The van der Waals surface area contributed by atoms with Crippen LogP contribution in [0.25, 0.3) is 10.9 Å². The van der Waals surface area contributed by atoms with Gasteiger partial charge in [0.05, 0.1) is 17.0 Å². The first-order valence-corrected chi connectivity index (χ1v) is 8.66. The van der Waals surface area contributed by atoms with E-state index in [0.717, 1.165) is 10.9 Å². The summed E-state index contributed by atoms with van der Waals surface area (Å²) in [5.41, 5.74) is 1.79. The van der Waals surface area contributed by atoms with Gasteiger partial charge in [-0.1, -0.05) is 25.1 Å². The van der Waals surface area contributed by atoms with E-state index in [9.17, 15) is 14.4 Å². The first kappa shape index (κ1) is 18.4. The third-order valence-electron chi connectivity index (χ3n) is 4.90. The van der Waals surface area contributed by atoms with Gasteiger partial charge in [0.2, 0.25) is 0 Å². The highest BCUT2D eigenvalue weighted by atomic mass is 19.1. The zero-order valence-corrected chi connectivity index (χ0v) is 15.1. The Kier molecular flexibility index (Phi) is 4.79. The van der Waals surface area contributed by atoms with Crippen LogP contribution >= 0.6 is 0 Å². The number of nitriles is 2. The van der Waals surface area contributed by atoms with Gasteiger partial charge in [-0.2, -0.15) is 10.5 Å². The third kappa shape index (κ3) is 3.45. The number of fused-ring (bicyclic) bond motifs is 1. The van der Waals surface area contributed by atoms with E-state index in [-0.39, 0.29) is 12.5 Å². The normalized spacial score (nSPS) is 12.9. The van der Waals surface area contributed by atoms with Crippen LogP contribution in [0, 0.1) is 28.5 Å². The predicted molar refractivity (Wildman–Crippen MR) is 104 cm³/mol. The number of hydrogen-bond donors (Lipinski definition) is 1. The van der Waals surface area contributed by atoms with Crippen molar-refractivity contribution in [2.45, 2.75) is 32.1 Å². The number of halogens is 1. The Hall–Kier alpha value is -3.44. The second-order valence-corrected chi connectivity index (χ2v) is 6.83. The van der Waals surface area contributed by atoms with Gasteiger partial charge >= 0.3 is 0 Å². The van der Waals surface area contributed by atoms with Crippen LogP contribution in [0.15, 0.2) is 47.3 Å². The van der Waals surface area contributed by atoms with E-state index in [1.807, 2.05) is 37.3 Å². The maximum Gasteiger partial charge on any atom is 0.251 e. The van der Waals surface area contributed by atoms with Crippen LogP contribution in [0.5, 0.6) is 0 Å². The van der Waals surface area contributed by atoms with Crippen molar-refractivity contribution in [2.75, 3.05) is 0 Å². The van der Waals surface area contributed by atoms with Gasteiger partial charge in [0.1, 0.15) is 11.9 Å². The summed E-state index contributed by atoms with van der Waals surface area (Å²) in [5, 5.41) is 19.7. The van der Waals surface area contributed by atoms with E-state index in [2.05, 4.69) is 11.1 Å². The standard InChI is InChI=1S/C22H18FN3O.H2/c1-3-15-9-16-5-6-18(10-20(16)26-21(15)27)22(2,13-25)11-14-4-7-19(23)17(8-14)12-24;/h4-10H,3,11H2,1-2H3,(H,26,27);1H. The van der Waals surface area contributed by atoms with E-state index in [1.165, 1.54) is 12.1 Å². The molecule has 0 aliphatic carbocycles. The van der Waals surface area contributed by atoms with Gasteiger partial charge in [-0.25, -0.2) is 4.39 Å². The first-order valence-electron chi connectivity index (χ1n) is 8.66. The summed E-state index contributed by atoms with van der Waals surface area (Å²) in [7, 11) is 0. The van der Waals surface area contributed by atoms with Gasteiger partial charge in [0.15, 0.2) is 0 Å². The molecule has 1 unspecified atom stereocenters. The molecule has 1 heterocycles. The molecule has 0 fully saturated rings. The Balaban J connectivity index is 0.00000280. The second kappa shape index (κ2) is 7.05. The quantitative estimate of drug-likeness (QED) is 0.749. The van der Waals surface area contributed by atoms with Crippen molar-refractivity contribution in [3.05, 3.63) is 80.9 Å². The van der Waals surface area contributed by atoms with Crippen LogP contribution in [-0.2, 0) is 18.3 Å². The van der Waals surface area contributed by atoms with Crippen molar-refractivity contribution < 1.29 is 5.82 Å². The molecule has 4 nitrogen and oxygen atoms in total. The zero-order valence-electron chi connectivity index (χ0n) is 15.1. The minimum atomic E-state index is -0.890. The number of hydrogen-bond acceptors (Lipinski definition) is 3. The summed E-state index contributed by atoms with van der Waals surface area (Å²) in [6.45, 7) is 3.72.